The van der Waals surface area contributed by atoms with Crippen LogP contribution < -0.4 is 5.32 Å². The summed E-state index contributed by atoms with van der Waals surface area (Å²) < 4.78 is 5.23. The van der Waals surface area contributed by atoms with Crippen molar-refractivity contribution in [1.82, 2.24) is 25.4 Å². The standard InChI is InChI=1S/C13H19N5OS/c1-8(14-4)6-11-17-12(19-18-11)7-20-13-15-9(2)5-10(3)16-13/h5,8,14H,6-7H2,1-4H3. The molecular formula is C13H19N5OS. The number of nitrogens with zero attached hydrogens (tertiary/aromatic N) is 4. The molecule has 0 aliphatic heterocycles. The van der Waals surface area contributed by atoms with Gasteiger partial charge < -0.3 is 9.84 Å². The highest BCUT2D eigenvalue weighted by Gasteiger charge is 2.10. The lowest BCUT2D eigenvalue weighted by Crippen LogP contribution is -2.24. The lowest BCUT2D eigenvalue weighted by Gasteiger charge is -2.04. The maximum Gasteiger partial charge on any atom is 0.237 e. The van der Waals surface area contributed by atoms with Gasteiger partial charge in [-0.15, -0.1) is 0 Å². The number of hydrogen-bond donors (Lipinski definition) is 1. The summed E-state index contributed by atoms with van der Waals surface area (Å²) in [5.41, 5.74) is 1.93. The Bertz CT molecular complexity index is 551. The van der Waals surface area contributed by atoms with Crippen molar-refractivity contribution in [2.45, 2.75) is 44.1 Å². The van der Waals surface area contributed by atoms with E-state index in [2.05, 4.69) is 32.3 Å². The summed E-state index contributed by atoms with van der Waals surface area (Å²) in [5, 5.41) is 7.86. The van der Waals surface area contributed by atoms with E-state index >= 15 is 0 Å². The lowest BCUT2D eigenvalue weighted by atomic mass is 10.2. The third kappa shape index (κ3) is 4.28. The van der Waals surface area contributed by atoms with Crippen molar-refractivity contribution in [3.8, 4) is 0 Å². The molecule has 108 valence electrons. The van der Waals surface area contributed by atoms with Crippen LogP contribution in [0, 0.1) is 13.8 Å². The molecule has 0 fully saturated rings. The highest BCUT2D eigenvalue weighted by molar-refractivity contribution is 7.98. The van der Waals surface area contributed by atoms with Crippen LogP contribution in [-0.2, 0) is 12.2 Å². The van der Waals surface area contributed by atoms with Crippen LogP contribution in [-0.4, -0.2) is 33.2 Å². The maximum absolute atomic E-state index is 5.23. The van der Waals surface area contributed by atoms with E-state index < -0.39 is 0 Å². The monoisotopic (exact) mass is 293 g/mol. The van der Waals surface area contributed by atoms with Gasteiger partial charge in [0.05, 0.1) is 5.75 Å². The minimum atomic E-state index is 0.329. The van der Waals surface area contributed by atoms with Gasteiger partial charge in [0, 0.05) is 23.9 Å². The van der Waals surface area contributed by atoms with Gasteiger partial charge >= 0.3 is 0 Å². The maximum atomic E-state index is 5.23. The highest BCUT2D eigenvalue weighted by atomic mass is 32.2. The topological polar surface area (TPSA) is 76.7 Å². The number of hydrogen-bond acceptors (Lipinski definition) is 7. The molecule has 0 bridgehead atoms. The van der Waals surface area contributed by atoms with Crippen LogP contribution in [0.15, 0.2) is 15.7 Å². The zero-order valence-electron chi connectivity index (χ0n) is 12.2. The molecule has 0 amide bonds. The second-order valence-electron chi connectivity index (χ2n) is 4.72. The fraction of sp³-hybridized carbons (Fsp3) is 0.538. The first-order valence-electron chi connectivity index (χ1n) is 6.50. The van der Waals surface area contributed by atoms with E-state index in [4.69, 9.17) is 4.52 Å². The molecule has 0 aromatic carbocycles. The highest BCUT2D eigenvalue weighted by Crippen LogP contribution is 2.19. The summed E-state index contributed by atoms with van der Waals surface area (Å²) in [4.78, 5) is 13.1. The molecule has 0 saturated carbocycles. The van der Waals surface area contributed by atoms with Gasteiger partial charge in [0.25, 0.3) is 0 Å². The summed E-state index contributed by atoms with van der Waals surface area (Å²) in [6.45, 7) is 6.00. The van der Waals surface area contributed by atoms with Crippen LogP contribution >= 0.6 is 11.8 Å². The van der Waals surface area contributed by atoms with Crippen molar-refractivity contribution in [2.75, 3.05) is 7.05 Å². The normalized spacial score (nSPS) is 12.6. The summed E-state index contributed by atoms with van der Waals surface area (Å²) in [7, 11) is 1.92. The minimum absolute atomic E-state index is 0.329. The predicted octanol–water partition coefficient (Wildman–Crippen LogP) is 1.92. The Morgan fingerprint density at radius 2 is 1.95 bits per heavy atom. The third-order valence-electron chi connectivity index (χ3n) is 2.78. The van der Waals surface area contributed by atoms with E-state index in [9.17, 15) is 0 Å². The average Bonchev–Trinajstić information content (AvgIpc) is 2.83. The van der Waals surface area contributed by atoms with Crippen LogP contribution in [0.4, 0.5) is 0 Å². The van der Waals surface area contributed by atoms with Gasteiger partial charge in [0.1, 0.15) is 0 Å². The molecule has 7 heteroatoms. The summed E-state index contributed by atoms with van der Waals surface area (Å²) in [6, 6.07) is 2.28. The van der Waals surface area contributed by atoms with E-state index in [1.54, 1.807) is 0 Å². The van der Waals surface area contributed by atoms with Gasteiger partial charge in [-0.25, -0.2) is 9.97 Å². The molecule has 1 atom stereocenters. The molecule has 0 aliphatic rings. The van der Waals surface area contributed by atoms with Crippen molar-refractivity contribution in [1.29, 1.82) is 0 Å². The first kappa shape index (κ1) is 14.9. The number of aryl methyl sites for hydroxylation is 2. The van der Waals surface area contributed by atoms with Crippen LogP contribution in [0.2, 0.25) is 0 Å². The summed E-state index contributed by atoms with van der Waals surface area (Å²) in [5.74, 6) is 1.92. The largest absolute Gasteiger partial charge is 0.338 e. The van der Waals surface area contributed by atoms with Crippen molar-refractivity contribution in [2.24, 2.45) is 0 Å². The van der Waals surface area contributed by atoms with Crippen molar-refractivity contribution in [3.63, 3.8) is 0 Å². The van der Waals surface area contributed by atoms with Gasteiger partial charge in [0.2, 0.25) is 5.89 Å². The zero-order valence-corrected chi connectivity index (χ0v) is 13.0. The summed E-state index contributed by atoms with van der Waals surface area (Å²) >= 11 is 1.51. The Kier molecular flexibility index (Phi) is 5.08. The molecule has 20 heavy (non-hydrogen) atoms. The van der Waals surface area contributed by atoms with E-state index in [1.165, 1.54) is 11.8 Å². The number of nitrogens with one attached hydrogen (secondary N) is 1. The van der Waals surface area contributed by atoms with Gasteiger partial charge in [-0.05, 0) is 33.9 Å². The first-order chi connectivity index (χ1) is 9.56. The lowest BCUT2D eigenvalue weighted by molar-refractivity contribution is 0.382. The second-order valence-corrected chi connectivity index (χ2v) is 5.66. The SMILES string of the molecule is CNC(C)Cc1noc(CSc2nc(C)cc(C)n2)n1. The Balaban J connectivity index is 1.94. The molecule has 0 aliphatic carbocycles. The fourth-order valence-electron chi connectivity index (χ4n) is 1.69. The van der Waals surface area contributed by atoms with E-state index in [-0.39, 0.29) is 0 Å². The average molecular weight is 293 g/mol. The van der Waals surface area contributed by atoms with Crippen molar-refractivity contribution >= 4 is 11.8 Å². The van der Waals surface area contributed by atoms with Crippen molar-refractivity contribution in [3.05, 3.63) is 29.2 Å². The molecule has 1 unspecified atom stereocenters. The fourth-order valence-corrected chi connectivity index (χ4v) is 2.48. The van der Waals surface area contributed by atoms with Gasteiger partial charge in [-0.1, -0.05) is 16.9 Å². The van der Waals surface area contributed by atoms with Gasteiger partial charge in [-0.3, -0.25) is 0 Å². The van der Waals surface area contributed by atoms with E-state index in [0.29, 0.717) is 17.7 Å². The molecule has 0 spiro atoms. The quantitative estimate of drug-likeness (QED) is 0.644. The van der Waals surface area contributed by atoms with Crippen LogP contribution in [0.5, 0.6) is 0 Å². The van der Waals surface area contributed by atoms with E-state index in [0.717, 1.165) is 28.8 Å². The Labute approximate surface area is 122 Å². The van der Waals surface area contributed by atoms with Crippen LogP contribution in [0.25, 0.3) is 0 Å². The molecule has 1 N–H and O–H groups in total. The van der Waals surface area contributed by atoms with Gasteiger partial charge in [-0.2, -0.15) is 4.98 Å². The minimum Gasteiger partial charge on any atom is -0.338 e. The van der Waals surface area contributed by atoms with Crippen LogP contribution in [0.1, 0.15) is 30.0 Å². The Morgan fingerprint density at radius 1 is 1.25 bits per heavy atom. The zero-order chi connectivity index (χ0) is 14.5. The van der Waals surface area contributed by atoms with E-state index in [1.807, 2.05) is 27.0 Å². The smallest absolute Gasteiger partial charge is 0.237 e. The molecule has 6 nitrogen and oxygen atoms in total. The molecule has 2 rings (SSSR count). The Morgan fingerprint density at radius 3 is 2.60 bits per heavy atom. The summed E-state index contributed by atoms with van der Waals surface area (Å²) in [6.07, 6.45) is 0.755. The van der Waals surface area contributed by atoms with Crippen LogP contribution in [0.3, 0.4) is 0 Å². The Hall–Kier alpha value is -1.47. The second kappa shape index (κ2) is 6.81. The molecular weight excluding hydrogens is 274 g/mol. The molecule has 0 saturated heterocycles. The molecule has 2 aromatic heterocycles. The number of aromatic nitrogens is 4. The van der Waals surface area contributed by atoms with Crippen molar-refractivity contribution < 1.29 is 4.52 Å². The third-order valence-corrected chi connectivity index (χ3v) is 3.61. The molecule has 2 heterocycles. The number of thioether (sulfide) groups is 1. The number of likely N-dealkylation sites (N-methyl/N-ethyl adjacent to an activating group) is 1. The first-order valence-corrected chi connectivity index (χ1v) is 7.49. The number of rotatable bonds is 6. The van der Waals surface area contributed by atoms with Gasteiger partial charge in [0.15, 0.2) is 11.0 Å². The predicted molar refractivity (Wildman–Crippen MR) is 77.6 cm³/mol. The molecule has 2 aromatic rings. The molecule has 0 radical (unpaired) electrons.